The van der Waals surface area contributed by atoms with Crippen molar-refractivity contribution in [2.75, 3.05) is 19.6 Å². The number of carbonyl (C=O) groups excluding carboxylic acids is 3. The summed E-state index contributed by atoms with van der Waals surface area (Å²) >= 11 is 0. The third-order valence-corrected chi connectivity index (χ3v) is 3.45. The first-order valence-corrected chi connectivity index (χ1v) is 6.96. The molecule has 1 aromatic rings. The van der Waals surface area contributed by atoms with Crippen LogP contribution in [0.2, 0.25) is 0 Å². The minimum Gasteiger partial charge on any atom is -0.354 e. The number of benzene rings is 1. The standard InChI is InChI=1S/C15H19N3O3/c1-11(12-5-3-2-4-6-12)9-16-14(20)10-18-8-7-13(19)17-15(18)21/h2-6,11H,7-10H2,1H3,(H,16,20)(H,17,19,21). The lowest BCUT2D eigenvalue weighted by Gasteiger charge is -2.26. The maximum atomic E-state index is 11.9. The Balaban J connectivity index is 1.77. The fourth-order valence-corrected chi connectivity index (χ4v) is 2.15. The van der Waals surface area contributed by atoms with E-state index in [0.717, 1.165) is 5.56 Å². The molecule has 1 saturated heterocycles. The Morgan fingerprint density at radius 2 is 2.05 bits per heavy atom. The van der Waals surface area contributed by atoms with Gasteiger partial charge in [0.15, 0.2) is 0 Å². The van der Waals surface area contributed by atoms with Gasteiger partial charge in [-0.3, -0.25) is 14.9 Å². The van der Waals surface area contributed by atoms with Gasteiger partial charge >= 0.3 is 6.03 Å². The third-order valence-electron chi connectivity index (χ3n) is 3.45. The van der Waals surface area contributed by atoms with Crippen molar-refractivity contribution in [3.05, 3.63) is 35.9 Å². The molecule has 6 nitrogen and oxygen atoms in total. The molecule has 1 aliphatic rings. The number of nitrogens with one attached hydrogen (secondary N) is 2. The molecule has 1 atom stereocenters. The SMILES string of the molecule is CC(CNC(=O)CN1CCC(=O)NC1=O)c1ccccc1. The molecule has 1 fully saturated rings. The molecule has 0 bridgehead atoms. The molecule has 0 aliphatic carbocycles. The molecule has 112 valence electrons. The Bertz CT molecular complexity index is 530. The van der Waals surface area contributed by atoms with Gasteiger partial charge in [-0.2, -0.15) is 0 Å². The lowest BCUT2D eigenvalue weighted by atomic mass is 10.0. The highest BCUT2D eigenvalue weighted by molar-refractivity contribution is 5.98. The van der Waals surface area contributed by atoms with E-state index in [1.165, 1.54) is 4.90 Å². The summed E-state index contributed by atoms with van der Waals surface area (Å²) in [7, 11) is 0. The molecular weight excluding hydrogens is 270 g/mol. The minimum absolute atomic E-state index is 0.0272. The van der Waals surface area contributed by atoms with Gasteiger partial charge in [0.05, 0.1) is 0 Å². The number of hydrogen-bond donors (Lipinski definition) is 2. The van der Waals surface area contributed by atoms with Crippen LogP contribution in [0.1, 0.15) is 24.8 Å². The second-order valence-electron chi connectivity index (χ2n) is 5.14. The quantitative estimate of drug-likeness (QED) is 0.843. The maximum Gasteiger partial charge on any atom is 0.324 e. The first-order valence-electron chi connectivity index (χ1n) is 6.96. The largest absolute Gasteiger partial charge is 0.354 e. The predicted octanol–water partition coefficient (Wildman–Crippen LogP) is 0.848. The number of urea groups is 1. The zero-order valence-electron chi connectivity index (χ0n) is 12.0. The highest BCUT2D eigenvalue weighted by atomic mass is 16.2. The van der Waals surface area contributed by atoms with Crippen LogP contribution < -0.4 is 10.6 Å². The van der Waals surface area contributed by atoms with Gasteiger partial charge in [-0.25, -0.2) is 4.79 Å². The Labute approximate surface area is 123 Å². The summed E-state index contributed by atoms with van der Waals surface area (Å²) in [6.07, 6.45) is 0.236. The summed E-state index contributed by atoms with van der Waals surface area (Å²) < 4.78 is 0. The molecule has 4 amide bonds. The van der Waals surface area contributed by atoms with Crippen molar-refractivity contribution in [2.24, 2.45) is 0 Å². The molecule has 0 spiro atoms. The zero-order valence-corrected chi connectivity index (χ0v) is 12.0. The van der Waals surface area contributed by atoms with Gasteiger partial charge in [-0.1, -0.05) is 37.3 Å². The van der Waals surface area contributed by atoms with E-state index in [2.05, 4.69) is 10.6 Å². The molecule has 0 radical (unpaired) electrons. The fraction of sp³-hybridized carbons (Fsp3) is 0.400. The number of hydrogen-bond acceptors (Lipinski definition) is 3. The van der Waals surface area contributed by atoms with Crippen LogP contribution in [0, 0.1) is 0 Å². The van der Waals surface area contributed by atoms with E-state index in [4.69, 9.17) is 0 Å². The molecule has 21 heavy (non-hydrogen) atoms. The summed E-state index contributed by atoms with van der Waals surface area (Å²) in [6.45, 7) is 2.80. The number of amides is 4. The molecule has 6 heteroatoms. The summed E-state index contributed by atoms with van der Waals surface area (Å²) in [5.41, 5.74) is 1.15. The van der Waals surface area contributed by atoms with Crippen molar-refractivity contribution in [3.8, 4) is 0 Å². The van der Waals surface area contributed by atoms with E-state index in [-0.39, 0.29) is 37.2 Å². The van der Waals surface area contributed by atoms with Crippen molar-refractivity contribution >= 4 is 17.8 Å². The predicted molar refractivity (Wildman–Crippen MR) is 77.6 cm³/mol. The van der Waals surface area contributed by atoms with Crippen LogP contribution in [0.3, 0.4) is 0 Å². The van der Waals surface area contributed by atoms with E-state index < -0.39 is 6.03 Å². The average molecular weight is 289 g/mol. The molecule has 1 unspecified atom stereocenters. The zero-order chi connectivity index (χ0) is 15.2. The number of rotatable bonds is 5. The van der Waals surface area contributed by atoms with Gasteiger partial charge in [-0.15, -0.1) is 0 Å². The Morgan fingerprint density at radius 3 is 2.71 bits per heavy atom. The van der Waals surface area contributed by atoms with Gasteiger partial charge in [0.2, 0.25) is 11.8 Å². The summed E-state index contributed by atoms with van der Waals surface area (Å²) in [5.74, 6) is -0.316. The number of carbonyl (C=O) groups is 3. The average Bonchev–Trinajstić information content (AvgIpc) is 2.48. The highest BCUT2D eigenvalue weighted by Crippen LogP contribution is 2.12. The van der Waals surface area contributed by atoms with Gasteiger partial charge in [0.1, 0.15) is 6.54 Å². The summed E-state index contributed by atoms with van der Waals surface area (Å²) in [6, 6.07) is 9.40. The molecule has 1 aliphatic heterocycles. The molecule has 0 aromatic heterocycles. The van der Waals surface area contributed by atoms with Crippen LogP contribution in [-0.4, -0.2) is 42.4 Å². The molecule has 2 N–H and O–H groups in total. The van der Waals surface area contributed by atoms with Gasteiger partial charge < -0.3 is 10.2 Å². The van der Waals surface area contributed by atoms with E-state index in [0.29, 0.717) is 6.54 Å². The van der Waals surface area contributed by atoms with E-state index in [1.807, 2.05) is 37.3 Å². The summed E-state index contributed by atoms with van der Waals surface area (Å²) in [4.78, 5) is 35.7. The lowest BCUT2D eigenvalue weighted by molar-refractivity contribution is -0.125. The van der Waals surface area contributed by atoms with Crippen LogP contribution in [0.15, 0.2) is 30.3 Å². The maximum absolute atomic E-state index is 11.9. The molecule has 1 heterocycles. The van der Waals surface area contributed by atoms with E-state index in [9.17, 15) is 14.4 Å². The van der Waals surface area contributed by atoms with Crippen molar-refractivity contribution < 1.29 is 14.4 Å². The molecule has 0 saturated carbocycles. The monoisotopic (exact) mass is 289 g/mol. The van der Waals surface area contributed by atoms with E-state index in [1.54, 1.807) is 0 Å². The van der Waals surface area contributed by atoms with Crippen LogP contribution in [-0.2, 0) is 9.59 Å². The van der Waals surface area contributed by atoms with Crippen LogP contribution in [0.5, 0.6) is 0 Å². The molecule has 2 rings (SSSR count). The molecular formula is C15H19N3O3. The second-order valence-corrected chi connectivity index (χ2v) is 5.14. The van der Waals surface area contributed by atoms with Gasteiger partial charge in [-0.05, 0) is 11.5 Å². The van der Waals surface area contributed by atoms with Crippen molar-refractivity contribution in [3.63, 3.8) is 0 Å². The van der Waals surface area contributed by atoms with Crippen molar-refractivity contribution in [1.82, 2.24) is 15.5 Å². The Kier molecular flexibility index (Phi) is 4.92. The Morgan fingerprint density at radius 1 is 1.33 bits per heavy atom. The normalized spacial score (nSPS) is 16.3. The number of imide groups is 1. The van der Waals surface area contributed by atoms with Gasteiger partial charge in [0, 0.05) is 19.5 Å². The molecule has 1 aromatic carbocycles. The second kappa shape index (κ2) is 6.88. The highest BCUT2D eigenvalue weighted by Gasteiger charge is 2.24. The first-order chi connectivity index (χ1) is 10.1. The Hall–Kier alpha value is -2.37. The van der Waals surface area contributed by atoms with Gasteiger partial charge in [0.25, 0.3) is 0 Å². The first kappa shape index (κ1) is 15.0. The third kappa shape index (κ3) is 4.30. The lowest BCUT2D eigenvalue weighted by Crippen LogP contribution is -2.52. The van der Waals surface area contributed by atoms with Crippen molar-refractivity contribution in [2.45, 2.75) is 19.3 Å². The van der Waals surface area contributed by atoms with Crippen molar-refractivity contribution in [1.29, 1.82) is 0 Å². The smallest absolute Gasteiger partial charge is 0.324 e. The van der Waals surface area contributed by atoms with Crippen LogP contribution in [0.25, 0.3) is 0 Å². The topological polar surface area (TPSA) is 78.5 Å². The fourth-order valence-electron chi connectivity index (χ4n) is 2.15. The van der Waals surface area contributed by atoms with E-state index >= 15 is 0 Å². The number of nitrogens with zero attached hydrogens (tertiary/aromatic N) is 1. The minimum atomic E-state index is -0.502. The van der Waals surface area contributed by atoms with Crippen LogP contribution >= 0.6 is 0 Å². The van der Waals surface area contributed by atoms with Crippen LogP contribution in [0.4, 0.5) is 4.79 Å². The summed E-state index contributed by atoms with van der Waals surface area (Å²) in [5, 5.41) is 5.01.